The highest BCUT2D eigenvalue weighted by molar-refractivity contribution is 7.89. The van der Waals surface area contributed by atoms with Gasteiger partial charge in [0, 0.05) is 12.7 Å². The molecule has 0 fully saturated rings. The van der Waals surface area contributed by atoms with E-state index in [1.807, 2.05) is 50.1 Å². The fraction of sp³-hybridized carbons (Fsp3) is 0.611. The van der Waals surface area contributed by atoms with E-state index in [4.69, 9.17) is 4.74 Å². The van der Waals surface area contributed by atoms with Crippen molar-refractivity contribution in [3.63, 3.8) is 0 Å². The van der Waals surface area contributed by atoms with E-state index in [0.29, 0.717) is 12.4 Å². The maximum Gasteiger partial charge on any atom is 0.339 e. The van der Waals surface area contributed by atoms with E-state index < -0.39 is 21.4 Å². The summed E-state index contributed by atoms with van der Waals surface area (Å²) in [6.07, 6.45) is 20.5. The molecule has 2 aromatic carbocycles. The normalized spacial score (nSPS) is 14.9. The maximum atomic E-state index is 13.1. The number of carboxylic acids is 1. The van der Waals surface area contributed by atoms with Crippen LogP contribution in [0.15, 0.2) is 52.5 Å². The predicted octanol–water partition coefficient (Wildman–Crippen LogP) is 9.04. The van der Waals surface area contributed by atoms with Crippen LogP contribution < -0.4 is 14.5 Å². The largest absolute Gasteiger partial charge is 0.493 e. The van der Waals surface area contributed by atoms with Crippen LogP contribution in [0, 0.1) is 0 Å². The first-order chi connectivity index (χ1) is 21.6. The van der Waals surface area contributed by atoms with Crippen molar-refractivity contribution in [1.82, 2.24) is 4.83 Å². The van der Waals surface area contributed by atoms with E-state index in [2.05, 4.69) is 16.9 Å². The summed E-state index contributed by atoms with van der Waals surface area (Å²) < 4.78 is 32.0. The zero-order valence-corrected chi connectivity index (χ0v) is 28.8. The molecular formula is C36H55N3O5S. The van der Waals surface area contributed by atoms with Gasteiger partial charge in [-0.1, -0.05) is 121 Å². The van der Waals surface area contributed by atoms with Crippen molar-refractivity contribution < 1.29 is 23.1 Å². The maximum absolute atomic E-state index is 13.1. The van der Waals surface area contributed by atoms with Gasteiger partial charge in [-0.2, -0.15) is 18.4 Å². The van der Waals surface area contributed by atoms with E-state index in [1.54, 1.807) is 0 Å². The number of hydrogen-bond donors (Lipinski definition) is 2. The van der Waals surface area contributed by atoms with Crippen LogP contribution in [0.25, 0.3) is 0 Å². The fourth-order valence-electron chi connectivity index (χ4n) is 6.12. The number of sulfonamides is 1. The molecule has 2 N–H and O–H groups in total. The summed E-state index contributed by atoms with van der Waals surface area (Å²) in [5.74, 6) is -0.530. The third-order valence-electron chi connectivity index (χ3n) is 8.83. The number of hydrazone groups is 1. The molecule has 0 aliphatic carbocycles. The van der Waals surface area contributed by atoms with Crippen molar-refractivity contribution in [3.8, 4) is 5.75 Å². The molecule has 8 nitrogen and oxygen atoms in total. The number of rotatable bonds is 22. The molecule has 0 saturated carbocycles. The Kier molecular flexibility index (Phi) is 14.7. The smallest absolute Gasteiger partial charge is 0.339 e. The molecule has 0 radical (unpaired) electrons. The summed E-state index contributed by atoms with van der Waals surface area (Å²) in [5.41, 5.74) is 1.31. The van der Waals surface area contributed by atoms with Gasteiger partial charge in [-0.3, -0.25) is 0 Å². The number of aromatic carboxylic acids is 1. The number of anilines is 1. The van der Waals surface area contributed by atoms with Gasteiger partial charge < -0.3 is 14.7 Å². The highest BCUT2D eigenvalue weighted by Crippen LogP contribution is 2.41. The fourth-order valence-corrected chi connectivity index (χ4v) is 6.95. The average molecular weight is 642 g/mol. The van der Waals surface area contributed by atoms with E-state index in [9.17, 15) is 18.3 Å². The highest BCUT2D eigenvalue weighted by Gasteiger charge is 2.40. The van der Waals surface area contributed by atoms with Crippen LogP contribution in [-0.4, -0.2) is 39.0 Å². The van der Waals surface area contributed by atoms with Crippen LogP contribution in [0.3, 0.4) is 0 Å². The van der Waals surface area contributed by atoms with Gasteiger partial charge in [0.2, 0.25) is 0 Å². The molecule has 2 aromatic rings. The van der Waals surface area contributed by atoms with Gasteiger partial charge in [-0.15, -0.1) is 0 Å². The van der Waals surface area contributed by atoms with Gasteiger partial charge in [0.1, 0.15) is 17.1 Å². The third-order valence-corrected chi connectivity index (χ3v) is 10.0. The third kappa shape index (κ3) is 10.8. The summed E-state index contributed by atoms with van der Waals surface area (Å²) in [6.45, 7) is 6.62. The SMILES string of the molecule is CCCCCCCCCCCCCCCCCCOc1ccc(S(=O)(=O)N/N=C2\N(C)c3ccccc3C2(C)C)cc1C(=O)O. The van der Waals surface area contributed by atoms with Crippen molar-refractivity contribution in [3.05, 3.63) is 53.6 Å². The molecule has 0 aromatic heterocycles. The Morgan fingerprint density at radius 1 is 0.844 bits per heavy atom. The lowest BCUT2D eigenvalue weighted by Gasteiger charge is -2.22. The second-order valence-electron chi connectivity index (χ2n) is 12.8. The molecule has 9 heteroatoms. The second-order valence-corrected chi connectivity index (χ2v) is 14.5. The number of likely N-dealkylation sites (N-methyl/N-ethyl adjacent to an activating group) is 1. The summed E-state index contributed by atoms with van der Waals surface area (Å²) in [4.78, 5) is 16.0. The number of amidine groups is 1. The van der Waals surface area contributed by atoms with Crippen molar-refractivity contribution in [2.75, 3.05) is 18.6 Å². The van der Waals surface area contributed by atoms with Crippen LogP contribution in [-0.2, 0) is 15.4 Å². The second kappa shape index (κ2) is 18.2. The first kappa shape index (κ1) is 36.4. The highest BCUT2D eigenvalue weighted by atomic mass is 32.2. The lowest BCUT2D eigenvalue weighted by Crippen LogP contribution is -2.36. The number of carbonyl (C=O) groups is 1. The van der Waals surface area contributed by atoms with Gasteiger partial charge in [0.25, 0.3) is 10.0 Å². The van der Waals surface area contributed by atoms with Crippen LogP contribution in [0.2, 0.25) is 0 Å². The Morgan fingerprint density at radius 2 is 1.38 bits per heavy atom. The van der Waals surface area contributed by atoms with Crippen LogP contribution in [0.4, 0.5) is 5.69 Å². The molecule has 1 heterocycles. The Labute approximate surface area is 271 Å². The number of ether oxygens (including phenoxy) is 1. The number of nitrogens with zero attached hydrogens (tertiary/aromatic N) is 2. The summed E-state index contributed by atoms with van der Waals surface area (Å²) in [6, 6.07) is 11.7. The summed E-state index contributed by atoms with van der Waals surface area (Å²) in [7, 11) is -2.28. The van der Waals surface area contributed by atoms with Gasteiger partial charge in [-0.25, -0.2) is 4.79 Å². The predicted molar refractivity (Wildman–Crippen MR) is 184 cm³/mol. The van der Waals surface area contributed by atoms with E-state index >= 15 is 0 Å². The number of benzene rings is 2. The topological polar surface area (TPSA) is 108 Å². The number of unbranched alkanes of at least 4 members (excludes halogenated alkanes) is 15. The molecule has 0 unspecified atom stereocenters. The first-order valence-corrected chi connectivity index (χ1v) is 18.5. The number of hydrogen-bond acceptors (Lipinski definition) is 5. The van der Waals surface area contributed by atoms with E-state index in [1.165, 1.54) is 95.6 Å². The molecule has 0 saturated heterocycles. The van der Waals surface area contributed by atoms with Gasteiger partial charge in [-0.05, 0) is 50.1 Å². The Morgan fingerprint density at radius 3 is 1.91 bits per heavy atom. The first-order valence-electron chi connectivity index (χ1n) is 17.0. The van der Waals surface area contributed by atoms with Gasteiger partial charge >= 0.3 is 5.97 Å². The van der Waals surface area contributed by atoms with E-state index in [-0.39, 0.29) is 16.2 Å². The Balaban J connectivity index is 1.38. The summed E-state index contributed by atoms with van der Waals surface area (Å²) in [5, 5.41) is 14.0. The number of para-hydroxylation sites is 1. The minimum absolute atomic E-state index is 0.167. The minimum atomic E-state index is -4.12. The standard InChI is InChI=1S/C36H55N3O5S/c1-5-6-7-8-9-10-11-12-13-14-15-16-17-18-19-22-27-44-33-26-25-29(28-30(33)34(40)41)45(42,43)38-37-35-36(2,3)31-23-20-21-24-32(31)39(35)4/h20-21,23-26,28,38H,5-19,22,27H2,1-4H3,(H,40,41)/b37-35-. The molecule has 1 aliphatic rings. The molecule has 45 heavy (non-hydrogen) atoms. The van der Waals surface area contributed by atoms with Gasteiger partial charge in [0.05, 0.1) is 16.9 Å². The monoisotopic (exact) mass is 641 g/mol. The molecular weight excluding hydrogens is 586 g/mol. The molecule has 0 amide bonds. The molecule has 0 atom stereocenters. The zero-order valence-electron chi connectivity index (χ0n) is 27.9. The minimum Gasteiger partial charge on any atom is -0.493 e. The molecule has 0 bridgehead atoms. The molecule has 3 rings (SSSR count). The van der Waals surface area contributed by atoms with Gasteiger partial charge in [0.15, 0.2) is 0 Å². The zero-order chi connectivity index (χ0) is 32.7. The van der Waals surface area contributed by atoms with Crippen LogP contribution >= 0.6 is 0 Å². The Hall–Kier alpha value is -3.07. The number of fused-ring (bicyclic) bond motifs is 1. The lowest BCUT2D eigenvalue weighted by molar-refractivity contribution is 0.0691. The van der Waals surface area contributed by atoms with Crippen LogP contribution in [0.1, 0.15) is 139 Å². The Bertz CT molecular complexity index is 1360. The van der Waals surface area contributed by atoms with Crippen molar-refractivity contribution in [2.24, 2.45) is 5.10 Å². The van der Waals surface area contributed by atoms with Crippen molar-refractivity contribution >= 4 is 27.5 Å². The molecule has 1 aliphatic heterocycles. The average Bonchev–Trinajstić information content (AvgIpc) is 3.21. The van der Waals surface area contributed by atoms with E-state index in [0.717, 1.165) is 36.6 Å². The lowest BCUT2D eigenvalue weighted by atomic mass is 9.86. The number of nitrogens with one attached hydrogen (secondary N) is 1. The quantitative estimate of drug-likeness (QED) is 0.0981. The molecule has 250 valence electrons. The van der Waals surface area contributed by atoms with Crippen LogP contribution in [0.5, 0.6) is 5.75 Å². The van der Waals surface area contributed by atoms with Crippen molar-refractivity contribution in [2.45, 2.75) is 134 Å². The number of carboxylic acid groups (broad SMARTS) is 1. The summed E-state index contributed by atoms with van der Waals surface area (Å²) >= 11 is 0. The molecule has 0 spiro atoms. The van der Waals surface area contributed by atoms with Crippen molar-refractivity contribution in [1.29, 1.82) is 0 Å².